The first-order valence-corrected chi connectivity index (χ1v) is 8.11. The highest BCUT2D eigenvalue weighted by molar-refractivity contribution is 7.91. The van der Waals surface area contributed by atoms with E-state index in [0.29, 0.717) is 10.5 Å². The summed E-state index contributed by atoms with van der Waals surface area (Å²) in [4.78, 5) is 0.341. The van der Waals surface area contributed by atoms with Crippen LogP contribution in [0, 0.1) is 11.6 Å². The van der Waals surface area contributed by atoms with Crippen molar-refractivity contribution in [3.05, 3.63) is 65.2 Å². The van der Waals surface area contributed by atoms with Gasteiger partial charge in [0, 0.05) is 12.6 Å². The first-order valence-electron chi connectivity index (χ1n) is 6.46. The maximum Gasteiger partial charge on any atom is 0.180 e. The molecule has 0 aliphatic carbocycles. The Balaban J connectivity index is 1.79. The van der Waals surface area contributed by atoms with Gasteiger partial charge in [0.25, 0.3) is 0 Å². The Labute approximate surface area is 121 Å². The Hall–Kier alpha value is -1.79. The maximum atomic E-state index is 13.1. The van der Waals surface area contributed by atoms with Gasteiger partial charge in [0.2, 0.25) is 0 Å². The van der Waals surface area contributed by atoms with E-state index < -0.39 is 21.5 Å². The van der Waals surface area contributed by atoms with Gasteiger partial charge in [0.15, 0.2) is 21.5 Å². The van der Waals surface area contributed by atoms with Gasteiger partial charge in [-0.2, -0.15) is 0 Å². The number of nitrogens with one attached hydrogen (secondary N) is 1. The highest BCUT2D eigenvalue weighted by Gasteiger charge is 2.33. The summed E-state index contributed by atoms with van der Waals surface area (Å²) in [5, 5.41) is 3.09. The molecular weight excluding hydrogens is 296 g/mol. The Kier molecular flexibility index (Phi) is 3.51. The highest BCUT2D eigenvalue weighted by atomic mass is 32.2. The topological polar surface area (TPSA) is 46.2 Å². The molecule has 2 aromatic rings. The smallest absolute Gasteiger partial charge is 0.180 e. The molecule has 110 valence electrons. The van der Waals surface area contributed by atoms with Crippen LogP contribution in [0.5, 0.6) is 0 Å². The Morgan fingerprint density at radius 3 is 2.62 bits per heavy atom. The van der Waals surface area contributed by atoms with Crippen LogP contribution < -0.4 is 5.32 Å². The maximum absolute atomic E-state index is 13.1. The summed E-state index contributed by atoms with van der Waals surface area (Å²) in [5.41, 5.74) is 1.29. The summed E-state index contributed by atoms with van der Waals surface area (Å²) in [6.45, 7) is 0.270. The number of rotatable bonds is 3. The normalized spacial score (nSPS) is 19.4. The quantitative estimate of drug-likeness (QED) is 0.948. The minimum Gasteiger partial charge on any atom is -0.305 e. The molecule has 0 bridgehead atoms. The number of sulfone groups is 1. The summed E-state index contributed by atoms with van der Waals surface area (Å²) in [6, 6.07) is 10.1. The van der Waals surface area contributed by atoms with E-state index in [1.54, 1.807) is 24.3 Å². The molecule has 2 aromatic carbocycles. The molecule has 0 fully saturated rings. The third kappa shape index (κ3) is 2.69. The van der Waals surface area contributed by atoms with Gasteiger partial charge in [-0.15, -0.1) is 0 Å². The lowest BCUT2D eigenvalue weighted by Gasteiger charge is -2.12. The average molecular weight is 309 g/mol. The van der Waals surface area contributed by atoms with Crippen LogP contribution in [0.15, 0.2) is 47.4 Å². The molecule has 0 saturated carbocycles. The lowest BCUT2D eigenvalue weighted by Crippen LogP contribution is -2.22. The zero-order valence-corrected chi connectivity index (χ0v) is 11.8. The number of fused-ring (bicyclic) bond motifs is 1. The van der Waals surface area contributed by atoms with Crippen LogP contribution in [0.1, 0.15) is 17.2 Å². The van der Waals surface area contributed by atoms with Crippen LogP contribution in [-0.4, -0.2) is 14.2 Å². The third-order valence-electron chi connectivity index (χ3n) is 3.55. The zero-order chi connectivity index (χ0) is 15.0. The molecule has 1 aliphatic heterocycles. The van der Waals surface area contributed by atoms with E-state index in [9.17, 15) is 17.2 Å². The first kappa shape index (κ1) is 14.2. The van der Waals surface area contributed by atoms with E-state index in [2.05, 4.69) is 5.32 Å². The number of benzene rings is 2. The minimum atomic E-state index is -3.27. The lowest BCUT2D eigenvalue weighted by atomic mass is 10.1. The van der Waals surface area contributed by atoms with Gasteiger partial charge < -0.3 is 5.32 Å². The van der Waals surface area contributed by atoms with Gasteiger partial charge in [0.1, 0.15) is 0 Å². The summed E-state index contributed by atoms with van der Waals surface area (Å²) in [6.07, 6.45) is 0. The zero-order valence-electron chi connectivity index (χ0n) is 11.0. The van der Waals surface area contributed by atoms with Crippen molar-refractivity contribution in [3.63, 3.8) is 0 Å². The van der Waals surface area contributed by atoms with Gasteiger partial charge >= 0.3 is 0 Å². The second kappa shape index (κ2) is 5.20. The number of hydrogen-bond donors (Lipinski definition) is 1. The van der Waals surface area contributed by atoms with Gasteiger partial charge in [-0.05, 0) is 29.3 Å². The van der Waals surface area contributed by atoms with E-state index in [-0.39, 0.29) is 18.3 Å². The first-order chi connectivity index (χ1) is 9.97. The molecule has 21 heavy (non-hydrogen) atoms. The standard InChI is InChI=1S/C15H13F2NO2S/c16-12-6-5-10(7-13(12)17)8-18-14-9-21(19,20)15-4-2-1-3-11(14)15/h1-7,14,18H,8-9H2. The molecule has 3 rings (SSSR count). The van der Waals surface area contributed by atoms with Crippen LogP contribution in [0.2, 0.25) is 0 Å². The molecule has 1 unspecified atom stereocenters. The Morgan fingerprint density at radius 1 is 1.10 bits per heavy atom. The monoisotopic (exact) mass is 309 g/mol. The molecular formula is C15H13F2NO2S. The van der Waals surface area contributed by atoms with Gasteiger partial charge in [-0.3, -0.25) is 0 Å². The van der Waals surface area contributed by atoms with E-state index in [1.807, 2.05) is 0 Å². The lowest BCUT2D eigenvalue weighted by molar-refractivity contribution is 0.504. The molecule has 0 saturated heterocycles. The fourth-order valence-corrected chi connectivity index (χ4v) is 4.28. The second-order valence-corrected chi connectivity index (χ2v) is 7.00. The van der Waals surface area contributed by atoms with Crippen molar-refractivity contribution in [3.8, 4) is 0 Å². The van der Waals surface area contributed by atoms with E-state index in [1.165, 1.54) is 6.07 Å². The molecule has 1 N–H and O–H groups in total. The van der Waals surface area contributed by atoms with Crippen LogP contribution >= 0.6 is 0 Å². The summed E-state index contributed by atoms with van der Waals surface area (Å²) >= 11 is 0. The van der Waals surface area contributed by atoms with E-state index in [4.69, 9.17) is 0 Å². The predicted octanol–water partition coefficient (Wildman–Crippen LogP) is 2.58. The predicted molar refractivity (Wildman–Crippen MR) is 74.4 cm³/mol. The summed E-state index contributed by atoms with van der Waals surface area (Å²) in [7, 11) is -3.27. The summed E-state index contributed by atoms with van der Waals surface area (Å²) < 4.78 is 50.1. The SMILES string of the molecule is O=S1(=O)CC(NCc2ccc(F)c(F)c2)c2ccccc21. The third-order valence-corrected chi connectivity index (χ3v) is 5.37. The molecule has 0 aromatic heterocycles. The molecule has 1 heterocycles. The molecule has 3 nitrogen and oxygen atoms in total. The van der Waals surface area contributed by atoms with Crippen LogP contribution in [0.4, 0.5) is 8.78 Å². The van der Waals surface area contributed by atoms with Crippen molar-refractivity contribution in [2.75, 3.05) is 5.75 Å². The summed E-state index contributed by atoms with van der Waals surface area (Å²) in [5.74, 6) is -1.82. The van der Waals surface area contributed by atoms with Crippen molar-refractivity contribution >= 4 is 9.84 Å². The molecule has 0 amide bonds. The van der Waals surface area contributed by atoms with Crippen LogP contribution in [-0.2, 0) is 16.4 Å². The van der Waals surface area contributed by atoms with Crippen LogP contribution in [0.3, 0.4) is 0 Å². The number of halogens is 2. The molecule has 0 radical (unpaired) electrons. The number of hydrogen-bond acceptors (Lipinski definition) is 3. The fraction of sp³-hybridized carbons (Fsp3) is 0.200. The average Bonchev–Trinajstić information content (AvgIpc) is 2.72. The molecule has 6 heteroatoms. The Bertz CT molecular complexity index is 790. The van der Waals surface area contributed by atoms with Crippen molar-refractivity contribution in [1.82, 2.24) is 5.32 Å². The van der Waals surface area contributed by atoms with Crippen molar-refractivity contribution in [2.24, 2.45) is 0 Å². The molecule has 1 atom stereocenters. The van der Waals surface area contributed by atoms with Gasteiger partial charge in [0.05, 0.1) is 10.6 Å². The van der Waals surface area contributed by atoms with E-state index in [0.717, 1.165) is 17.7 Å². The fourth-order valence-electron chi connectivity index (χ4n) is 2.51. The van der Waals surface area contributed by atoms with Gasteiger partial charge in [-0.1, -0.05) is 24.3 Å². The molecule has 0 spiro atoms. The second-order valence-electron chi connectivity index (χ2n) is 5.00. The van der Waals surface area contributed by atoms with Crippen LogP contribution in [0.25, 0.3) is 0 Å². The van der Waals surface area contributed by atoms with Crippen molar-refractivity contribution < 1.29 is 17.2 Å². The van der Waals surface area contributed by atoms with Crippen molar-refractivity contribution in [1.29, 1.82) is 0 Å². The molecule has 1 aliphatic rings. The van der Waals surface area contributed by atoms with Crippen molar-refractivity contribution in [2.45, 2.75) is 17.5 Å². The van der Waals surface area contributed by atoms with Gasteiger partial charge in [-0.25, -0.2) is 17.2 Å². The minimum absolute atomic E-state index is 0.0178. The highest BCUT2D eigenvalue weighted by Crippen LogP contribution is 2.33. The Morgan fingerprint density at radius 2 is 1.86 bits per heavy atom. The largest absolute Gasteiger partial charge is 0.305 e. The van der Waals surface area contributed by atoms with E-state index >= 15 is 0 Å².